The SMILES string of the molecule is CC(C)NC(=O)Nc1ccc(-c2cc(C(F)(F)F)n(C)n2)cc1. The van der Waals surface area contributed by atoms with Gasteiger partial charge in [0.15, 0.2) is 0 Å². The predicted octanol–water partition coefficient (Wildman–Crippen LogP) is 3.64. The van der Waals surface area contributed by atoms with Crippen molar-refractivity contribution >= 4 is 11.7 Å². The van der Waals surface area contributed by atoms with E-state index >= 15 is 0 Å². The van der Waals surface area contributed by atoms with Crippen LogP contribution in [0.2, 0.25) is 0 Å². The number of benzene rings is 1. The third kappa shape index (κ3) is 4.24. The predicted molar refractivity (Wildman–Crippen MR) is 80.9 cm³/mol. The van der Waals surface area contributed by atoms with Crippen molar-refractivity contribution in [2.24, 2.45) is 7.05 Å². The Bertz CT molecular complexity index is 690. The van der Waals surface area contributed by atoms with E-state index in [1.807, 2.05) is 13.8 Å². The van der Waals surface area contributed by atoms with Gasteiger partial charge in [0.2, 0.25) is 0 Å². The summed E-state index contributed by atoms with van der Waals surface area (Å²) in [7, 11) is 1.25. The molecule has 0 saturated carbocycles. The molecule has 1 aromatic carbocycles. The second kappa shape index (κ2) is 6.31. The lowest BCUT2D eigenvalue weighted by Crippen LogP contribution is -2.34. The molecule has 2 rings (SSSR count). The highest BCUT2D eigenvalue weighted by molar-refractivity contribution is 5.89. The quantitative estimate of drug-likeness (QED) is 0.905. The molecule has 0 bridgehead atoms. The summed E-state index contributed by atoms with van der Waals surface area (Å²) >= 11 is 0. The molecule has 0 saturated heterocycles. The molecule has 1 aromatic heterocycles. The van der Waals surface area contributed by atoms with Crippen molar-refractivity contribution in [3.63, 3.8) is 0 Å². The standard InChI is InChI=1S/C15H17F3N4O/c1-9(2)19-14(23)20-11-6-4-10(5-7-11)12-8-13(15(16,17)18)22(3)21-12/h4-9H,1-3H3,(H2,19,20,23). The maximum absolute atomic E-state index is 12.8. The summed E-state index contributed by atoms with van der Waals surface area (Å²) in [5, 5.41) is 9.19. The fourth-order valence-corrected chi connectivity index (χ4v) is 2.03. The minimum absolute atomic E-state index is 0.00332. The molecule has 0 aliphatic heterocycles. The average Bonchev–Trinajstić information content (AvgIpc) is 2.80. The van der Waals surface area contributed by atoms with Crippen LogP contribution >= 0.6 is 0 Å². The van der Waals surface area contributed by atoms with Crippen molar-refractivity contribution in [3.05, 3.63) is 36.0 Å². The van der Waals surface area contributed by atoms with Gasteiger partial charge in [-0.2, -0.15) is 18.3 Å². The van der Waals surface area contributed by atoms with Crippen LogP contribution in [0.5, 0.6) is 0 Å². The summed E-state index contributed by atoms with van der Waals surface area (Å²) in [4.78, 5) is 11.6. The van der Waals surface area contributed by atoms with E-state index in [1.54, 1.807) is 24.3 Å². The number of halogens is 3. The van der Waals surface area contributed by atoms with Gasteiger partial charge in [0.05, 0.1) is 5.69 Å². The van der Waals surface area contributed by atoms with Crippen LogP contribution in [0.4, 0.5) is 23.7 Å². The van der Waals surface area contributed by atoms with Gasteiger partial charge in [-0.1, -0.05) is 12.1 Å². The molecule has 0 unspecified atom stereocenters. The third-order valence-electron chi connectivity index (χ3n) is 3.03. The first kappa shape index (κ1) is 16.9. The average molecular weight is 326 g/mol. The van der Waals surface area contributed by atoms with Crippen molar-refractivity contribution in [3.8, 4) is 11.3 Å². The fourth-order valence-electron chi connectivity index (χ4n) is 2.03. The van der Waals surface area contributed by atoms with Crippen molar-refractivity contribution in [2.45, 2.75) is 26.1 Å². The topological polar surface area (TPSA) is 59.0 Å². The van der Waals surface area contributed by atoms with Gasteiger partial charge >= 0.3 is 12.2 Å². The van der Waals surface area contributed by atoms with Crippen molar-refractivity contribution < 1.29 is 18.0 Å². The van der Waals surface area contributed by atoms with Gasteiger partial charge in [-0.25, -0.2) is 4.79 Å². The Labute approximate surface area is 131 Å². The van der Waals surface area contributed by atoms with Gasteiger partial charge in [0.1, 0.15) is 5.69 Å². The highest BCUT2D eigenvalue weighted by Crippen LogP contribution is 2.32. The monoisotopic (exact) mass is 326 g/mol. The van der Waals surface area contributed by atoms with Gasteiger partial charge in [0, 0.05) is 24.3 Å². The number of carbonyl (C=O) groups excluding carboxylic acids is 1. The molecule has 124 valence electrons. The number of rotatable bonds is 3. The zero-order valence-electron chi connectivity index (χ0n) is 12.9. The summed E-state index contributed by atoms with van der Waals surface area (Å²) in [6, 6.07) is 7.08. The molecular formula is C15H17F3N4O. The van der Waals surface area contributed by atoms with Gasteiger partial charge in [-0.05, 0) is 32.0 Å². The van der Waals surface area contributed by atoms with Gasteiger partial charge < -0.3 is 10.6 Å². The molecule has 2 amide bonds. The van der Waals surface area contributed by atoms with Crippen LogP contribution < -0.4 is 10.6 Å². The maximum Gasteiger partial charge on any atom is 0.433 e. The van der Waals surface area contributed by atoms with Crippen LogP contribution in [0.15, 0.2) is 30.3 Å². The second-order valence-electron chi connectivity index (χ2n) is 5.37. The number of urea groups is 1. The Kier molecular flexibility index (Phi) is 4.63. The number of hydrogen-bond acceptors (Lipinski definition) is 2. The smallest absolute Gasteiger partial charge is 0.336 e. The lowest BCUT2D eigenvalue weighted by atomic mass is 10.1. The normalized spacial score (nSPS) is 11.6. The first-order valence-corrected chi connectivity index (χ1v) is 6.96. The number of nitrogens with zero attached hydrogens (tertiary/aromatic N) is 2. The summed E-state index contributed by atoms with van der Waals surface area (Å²) in [5.74, 6) is 0. The Morgan fingerprint density at radius 2 is 1.83 bits per heavy atom. The zero-order valence-corrected chi connectivity index (χ0v) is 12.9. The molecule has 0 radical (unpaired) electrons. The highest BCUT2D eigenvalue weighted by atomic mass is 19.4. The number of aryl methyl sites for hydroxylation is 1. The number of anilines is 1. The summed E-state index contributed by atoms with van der Waals surface area (Å²) in [5.41, 5.74) is 0.480. The van der Waals surface area contributed by atoms with Gasteiger partial charge in [-0.3, -0.25) is 4.68 Å². The molecule has 8 heteroatoms. The Morgan fingerprint density at radius 1 is 1.22 bits per heavy atom. The Balaban J connectivity index is 2.15. The summed E-state index contributed by atoms with van der Waals surface area (Å²) < 4.78 is 39.1. The molecule has 5 nitrogen and oxygen atoms in total. The number of amides is 2. The zero-order chi connectivity index (χ0) is 17.2. The fraction of sp³-hybridized carbons (Fsp3) is 0.333. The van der Waals surface area contributed by atoms with Crippen LogP contribution in [0.3, 0.4) is 0 Å². The molecule has 0 spiro atoms. The van der Waals surface area contributed by atoms with E-state index in [1.165, 1.54) is 7.05 Å². The molecule has 1 heterocycles. The lowest BCUT2D eigenvalue weighted by Gasteiger charge is -2.10. The largest absolute Gasteiger partial charge is 0.433 e. The Morgan fingerprint density at radius 3 is 2.30 bits per heavy atom. The van der Waals surface area contributed by atoms with E-state index in [9.17, 15) is 18.0 Å². The highest BCUT2D eigenvalue weighted by Gasteiger charge is 2.35. The van der Waals surface area contributed by atoms with Crippen LogP contribution in [0.25, 0.3) is 11.3 Å². The van der Waals surface area contributed by atoms with E-state index in [2.05, 4.69) is 15.7 Å². The van der Waals surface area contributed by atoms with Crippen LogP contribution in [-0.2, 0) is 13.2 Å². The molecule has 0 fully saturated rings. The van der Waals surface area contributed by atoms with Crippen molar-refractivity contribution in [2.75, 3.05) is 5.32 Å². The van der Waals surface area contributed by atoms with E-state index in [-0.39, 0.29) is 17.8 Å². The third-order valence-corrected chi connectivity index (χ3v) is 3.03. The molecule has 23 heavy (non-hydrogen) atoms. The van der Waals surface area contributed by atoms with Gasteiger partial charge in [0.25, 0.3) is 0 Å². The maximum atomic E-state index is 12.8. The first-order chi connectivity index (χ1) is 10.7. The van der Waals surface area contributed by atoms with E-state index in [0.29, 0.717) is 11.3 Å². The summed E-state index contributed by atoms with van der Waals surface area (Å²) in [6.45, 7) is 3.67. The van der Waals surface area contributed by atoms with E-state index in [0.717, 1.165) is 10.7 Å². The first-order valence-electron chi connectivity index (χ1n) is 6.96. The second-order valence-corrected chi connectivity index (χ2v) is 5.37. The van der Waals surface area contributed by atoms with Crippen molar-refractivity contribution in [1.29, 1.82) is 0 Å². The summed E-state index contributed by atoms with van der Waals surface area (Å²) in [6.07, 6.45) is -4.45. The van der Waals surface area contributed by atoms with Crippen LogP contribution in [0, 0.1) is 0 Å². The van der Waals surface area contributed by atoms with Crippen molar-refractivity contribution in [1.82, 2.24) is 15.1 Å². The number of aromatic nitrogens is 2. The molecule has 0 aliphatic carbocycles. The number of alkyl halides is 3. The number of nitrogens with one attached hydrogen (secondary N) is 2. The Hall–Kier alpha value is -2.51. The lowest BCUT2D eigenvalue weighted by molar-refractivity contribution is -0.143. The molecule has 2 N–H and O–H groups in total. The number of hydrogen-bond donors (Lipinski definition) is 2. The number of carbonyl (C=O) groups is 1. The minimum Gasteiger partial charge on any atom is -0.336 e. The van der Waals surface area contributed by atoms with E-state index < -0.39 is 11.9 Å². The van der Waals surface area contributed by atoms with E-state index in [4.69, 9.17) is 0 Å². The van der Waals surface area contributed by atoms with Crippen LogP contribution in [-0.4, -0.2) is 21.9 Å². The minimum atomic E-state index is -4.45. The molecule has 0 aliphatic rings. The van der Waals surface area contributed by atoms with Crippen LogP contribution in [0.1, 0.15) is 19.5 Å². The van der Waals surface area contributed by atoms with Gasteiger partial charge in [-0.15, -0.1) is 0 Å². The molecule has 2 aromatic rings. The molecule has 0 atom stereocenters. The molecular weight excluding hydrogens is 309 g/mol.